The summed E-state index contributed by atoms with van der Waals surface area (Å²) in [6.07, 6.45) is 8.28. The molecule has 4 rings (SSSR count). The van der Waals surface area contributed by atoms with Crippen molar-refractivity contribution >= 4 is 5.97 Å². The van der Waals surface area contributed by atoms with Gasteiger partial charge in [0, 0.05) is 43.4 Å². The van der Waals surface area contributed by atoms with Crippen molar-refractivity contribution in [3.05, 3.63) is 34.3 Å². The van der Waals surface area contributed by atoms with Crippen molar-refractivity contribution in [3.8, 4) is 0 Å². The van der Waals surface area contributed by atoms with Gasteiger partial charge in [-0.2, -0.15) is 0 Å². The van der Waals surface area contributed by atoms with E-state index >= 15 is 0 Å². The molecule has 4 aliphatic carbocycles. The van der Waals surface area contributed by atoms with Crippen molar-refractivity contribution in [1.29, 1.82) is 0 Å². The number of methoxy groups -OCH3 is 1. The number of hydrogen-bond donors (Lipinski definition) is 0. The minimum atomic E-state index is -0.152. The number of hydrogen-bond acceptors (Lipinski definition) is 2. The lowest BCUT2D eigenvalue weighted by atomic mass is 9.42. The van der Waals surface area contributed by atoms with Crippen LogP contribution in [0.3, 0.4) is 0 Å². The highest BCUT2D eigenvalue weighted by molar-refractivity contribution is 5.69. The Morgan fingerprint density at radius 3 is 2.42 bits per heavy atom. The Labute approximate surface area is 200 Å². The molecule has 5 nitrogen and oxygen atoms in total. The van der Waals surface area contributed by atoms with Gasteiger partial charge in [-0.15, -0.1) is 0 Å². The lowest BCUT2D eigenvalue weighted by Crippen LogP contribution is -2.61. The molecule has 0 N–H and O–H groups in total. The van der Waals surface area contributed by atoms with Crippen LogP contribution in [0.15, 0.2) is 0 Å². The van der Waals surface area contributed by atoms with Crippen LogP contribution in [0.1, 0.15) is 78.6 Å². The van der Waals surface area contributed by atoms with E-state index in [9.17, 15) is 4.79 Å². The van der Waals surface area contributed by atoms with Gasteiger partial charge in [0.1, 0.15) is 0 Å². The summed E-state index contributed by atoms with van der Waals surface area (Å²) < 4.78 is 4.87. The van der Waals surface area contributed by atoms with Gasteiger partial charge in [-0.3, -0.25) is 4.79 Å². The van der Waals surface area contributed by atoms with Gasteiger partial charge in [-0.25, -0.2) is 19.7 Å². The number of carbonyl (C=O) groups is 1. The molecule has 0 aromatic carbocycles. The summed E-state index contributed by atoms with van der Waals surface area (Å²) in [5.74, 6) is 2.28. The first kappa shape index (κ1) is 24.1. The van der Waals surface area contributed by atoms with Crippen LogP contribution in [0.5, 0.6) is 0 Å². The molecule has 0 aliphatic heterocycles. The van der Waals surface area contributed by atoms with Crippen molar-refractivity contribution in [1.82, 2.24) is 0 Å². The van der Waals surface area contributed by atoms with Crippen LogP contribution >= 0.6 is 0 Å². The van der Waals surface area contributed by atoms with Gasteiger partial charge in [0.15, 0.2) is 0 Å². The molecule has 0 saturated heterocycles. The van der Waals surface area contributed by atoms with Crippen molar-refractivity contribution in [3.63, 3.8) is 0 Å². The van der Waals surface area contributed by atoms with Crippen LogP contribution in [-0.2, 0) is 9.53 Å². The normalized spacial score (nSPS) is 46.9. The zero-order valence-corrected chi connectivity index (χ0v) is 20.7. The van der Waals surface area contributed by atoms with Gasteiger partial charge >= 0.3 is 5.97 Å². The molecule has 0 radical (unpaired) electrons. The number of esters is 1. The SMILES string of the molecule is [C-]#[N+][C@@H]1CC[C@@]2(C)[C@@H](C1)C[C@@H]([N+]#[C-])[C@@H]1[C@@H]2C[C@H]([N+]#[C-])[C@]2(C)[C@@H]([C@H](C)CCC(=O)OC)CC[C@@H]12. The molecule has 0 unspecified atom stereocenters. The Morgan fingerprint density at radius 2 is 1.79 bits per heavy atom. The second-order valence-electron chi connectivity index (χ2n) is 12.0. The molecule has 0 bridgehead atoms. The summed E-state index contributed by atoms with van der Waals surface area (Å²) in [6.45, 7) is 30.9. The first-order valence-electron chi connectivity index (χ1n) is 12.9. The van der Waals surface area contributed by atoms with Gasteiger partial charge in [-0.1, -0.05) is 20.8 Å². The average molecular weight is 450 g/mol. The largest absolute Gasteiger partial charge is 0.469 e. The van der Waals surface area contributed by atoms with Crippen molar-refractivity contribution in [2.45, 2.75) is 96.7 Å². The van der Waals surface area contributed by atoms with Gasteiger partial charge < -0.3 is 19.3 Å². The van der Waals surface area contributed by atoms with Crippen LogP contribution in [-0.4, -0.2) is 31.2 Å². The molecule has 0 aromatic heterocycles. The number of carbonyl (C=O) groups excluding carboxylic acids is 1. The van der Waals surface area contributed by atoms with E-state index in [1.165, 1.54) is 7.11 Å². The molecule has 5 heteroatoms. The second kappa shape index (κ2) is 8.95. The molecule has 33 heavy (non-hydrogen) atoms. The molecule has 0 aromatic rings. The van der Waals surface area contributed by atoms with E-state index in [4.69, 9.17) is 24.5 Å². The van der Waals surface area contributed by atoms with Crippen LogP contribution in [0.25, 0.3) is 14.5 Å². The van der Waals surface area contributed by atoms with Crippen LogP contribution in [0.4, 0.5) is 0 Å². The fourth-order valence-corrected chi connectivity index (χ4v) is 9.23. The predicted molar refractivity (Wildman–Crippen MR) is 128 cm³/mol. The van der Waals surface area contributed by atoms with E-state index in [1.54, 1.807) is 0 Å². The van der Waals surface area contributed by atoms with E-state index in [2.05, 4.69) is 35.3 Å². The molecule has 4 saturated carbocycles. The van der Waals surface area contributed by atoms with E-state index < -0.39 is 0 Å². The highest BCUT2D eigenvalue weighted by Crippen LogP contribution is 2.69. The van der Waals surface area contributed by atoms with Crippen LogP contribution in [0.2, 0.25) is 0 Å². The zero-order valence-electron chi connectivity index (χ0n) is 20.7. The number of rotatable bonds is 4. The summed E-state index contributed by atoms with van der Waals surface area (Å²) in [5.41, 5.74) is 0.0736. The predicted octanol–water partition coefficient (Wildman–Crippen LogP) is 6.32. The minimum Gasteiger partial charge on any atom is -0.469 e. The van der Waals surface area contributed by atoms with Gasteiger partial charge in [0.2, 0.25) is 18.1 Å². The monoisotopic (exact) mass is 449 g/mol. The lowest BCUT2D eigenvalue weighted by molar-refractivity contribution is -0.141. The number of ether oxygens (including phenoxy) is 1. The van der Waals surface area contributed by atoms with Gasteiger partial charge in [-0.05, 0) is 60.7 Å². The van der Waals surface area contributed by atoms with Crippen LogP contribution in [0, 0.1) is 66.1 Å². The maximum atomic E-state index is 11.8. The third-order valence-corrected chi connectivity index (χ3v) is 11.1. The quantitative estimate of drug-likeness (QED) is 0.372. The lowest BCUT2D eigenvalue weighted by Gasteiger charge is -2.60. The molecule has 178 valence electrons. The van der Waals surface area contributed by atoms with E-state index in [0.29, 0.717) is 41.9 Å². The van der Waals surface area contributed by atoms with Gasteiger partial charge in [0.25, 0.3) is 0 Å². The van der Waals surface area contributed by atoms with Crippen molar-refractivity contribution < 1.29 is 9.53 Å². The molecule has 4 fully saturated rings. The third kappa shape index (κ3) is 3.66. The Hall–Kier alpha value is -2.06. The molecule has 0 spiro atoms. The van der Waals surface area contributed by atoms with Crippen molar-refractivity contribution in [2.24, 2.45) is 46.3 Å². The third-order valence-electron chi connectivity index (χ3n) is 11.1. The zero-order chi connectivity index (χ0) is 24.0. The Bertz CT molecular complexity index is 896. The summed E-state index contributed by atoms with van der Waals surface area (Å²) >= 11 is 0. The molecular weight excluding hydrogens is 410 g/mol. The Balaban J connectivity index is 1.65. The Morgan fingerprint density at radius 1 is 1.03 bits per heavy atom. The molecule has 0 heterocycles. The molecule has 11 atom stereocenters. The maximum absolute atomic E-state index is 11.8. The molecule has 0 amide bonds. The summed E-state index contributed by atoms with van der Waals surface area (Å²) in [5, 5.41) is 0. The van der Waals surface area contributed by atoms with Crippen LogP contribution < -0.4 is 0 Å². The summed E-state index contributed by atoms with van der Waals surface area (Å²) in [4.78, 5) is 24.2. The average Bonchev–Trinajstić information content (AvgIpc) is 3.18. The number of nitrogens with zero attached hydrogens (tertiary/aromatic N) is 3. The van der Waals surface area contributed by atoms with E-state index in [0.717, 1.165) is 51.4 Å². The second-order valence-corrected chi connectivity index (χ2v) is 12.0. The number of fused-ring (bicyclic) bond motifs is 5. The first-order chi connectivity index (χ1) is 15.7. The smallest absolute Gasteiger partial charge is 0.305 e. The molecular formula is C28H39N3O2. The van der Waals surface area contributed by atoms with Gasteiger partial charge in [0.05, 0.1) is 7.11 Å². The molecule has 4 aliphatic rings. The standard InChI is InChI=1S/C28H39N3O2/c1-17(8-11-25(32)33-7)20-9-10-21-26-22(16-24(31-6)28(20,21)3)27(2)13-12-19(29-4)14-18(27)15-23(26)30-5/h17-24,26H,8-16H2,1-3,7H3/t17-,18+,19-,20-,21+,22+,23-,24+,26+,27+,28-/m1/s1. The summed E-state index contributed by atoms with van der Waals surface area (Å²) in [7, 11) is 1.45. The van der Waals surface area contributed by atoms with Crippen molar-refractivity contribution in [2.75, 3.05) is 7.11 Å². The fourth-order valence-electron chi connectivity index (χ4n) is 9.23. The highest BCUT2D eigenvalue weighted by atomic mass is 16.5. The first-order valence-corrected chi connectivity index (χ1v) is 12.9. The Kier molecular flexibility index (Phi) is 6.53. The summed E-state index contributed by atoms with van der Waals surface area (Å²) in [6, 6.07) is 0.123. The maximum Gasteiger partial charge on any atom is 0.305 e. The van der Waals surface area contributed by atoms with E-state index in [1.807, 2.05) is 0 Å². The minimum absolute atomic E-state index is 0.0163. The topological polar surface area (TPSA) is 39.4 Å². The highest BCUT2D eigenvalue weighted by Gasteiger charge is 2.70. The van der Waals surface area contributed by atoms with E-state index in [-0.39, 0.29) is 34.9 Å². The fraction of sp³-hybridized carbons (Fsp3) is 0.857.